The highest BCUT2D eigenvalue weighted by molar-refractivity contribution is 14.1. The van der Waals surface area contributed by atoms with Gasteiger partial charge in [-0.3, -0.25) is 0 Å². The summed E-state index contributed by atoms with van der Waals surface area (Å²) in [5.74, 6) is 0.728. The Morgan fingerprint density at radius 3 is 2.94 bits per heavy atom. The molecule has 0 saturated heterocycles. The highest BCUT2D eigenvalue weighted by Crippen LogP contribution is 2.25. The zero-order valence-corrected chi connectivity index (χ0v) is 10.8. The number of furan rings is 1. The Bertz CT molecular complexity index is 647. The van der Waals surface area contributed by atoms with Crippen LogP contribution in [0, 0.1) is 3.70 Å². The van der Waals surface area contributed by atoms with Crippen molar-refractivity contribution in [2.45, 2.75) is 0 Å². The van der Waals surface area contributed by atoms with Gasteiger partial charge in [-0.2, -0.15) is 5.10 Å². The molecule has 6 heteroatoms. The Balaban J connectivity index is 2.32. The molecule has 80 valence electrons. The SMILES string of the molecule is Clc1ccc2nc(-c3ccco3)c(I)n2n1. The highest BCUT2D eigenvalue weighted by Gasteiger charge is 2.14. The fourth-order valence-electron chi connectivity index (χ4n) is 1.45. The van der Waals surface area contributed by atoms with Crippen LogP contribution in [0.25, 0.3) is 17.1 Å². The summed E-state index contributed by atoms with van der Waals surface area (Å²) in [5, 5.41) is 4.61. The van der Waals surface area contributed by atoms with E-state index in [-0.39, 0.29) is 0 Å². The largest absolute Gasteiger partial charge is 0.463 e. The normalized spacial score (nSPS) is 11.1. The van der Waals surface area contributed by atoms with Gasteiger partial charge in [0.05, 0.1) is 6.26 Å². The zero-order chi connectivity index (χ0) is 11.1. The molecule has 0 fully saturated rings. The van der Waals surface area contributed by atoms with Crippen LogP contribution in [0.4, 0.5) is 0 Å². The van der Waals surface area contributed by atoms with Crippen LogP contribution in [0.15, 0.2) is 34.9 Å². The summed E-state index contributed by atoms with van der Waals surface area (Å²) in [4.78, 5) is 4.44. The molecule has 0 spiro atoms. The molecule has 0 atom stereocenters. The van der Waals surface area contributed by atoms with Gasteiger partial charge in [0, 0.05) is 0 Å². The van der Waals surface area contributed by atoms with Gasteiger partial charge in [0.1, 0.15) is 14.5 Å². The molecule has 0 aromatic carbocycles. The van der Waals surface area contributed by atoms with Crippen molar-refractivity contribution in [2.75, 3.05) is 0 Å². The molecular weight excluding hydrogens is 340 g/mol. The molecule has 0 aliphatic rings. The molecule has 0 radical (unpaired) electrons. The van der Waals surface area contributed by atoms with Crippen molar-refractivity contribution in [3.05, 3.63) is 39.4 Å². The number of halogens is 2. The number of aromatic nitrogens is 3. The third-order valence-electron chi connectivity index (χ3n) is 2.14. The van der Waals surface area contributed by atoms with E-state index in [2.05, 4.69) is 32.7 Å². The van der Waals surface area contributed by atoms with Crippen LogP contribution in [-0.2, 0) is 0 Å². The summed E-state index contributed by atoms with van der Waals surface area (Å²) < 4.78 is 7.89. The second-order valence-electron chi connectivity index (χ2n) is 3.15. The molecule has 4 nitrogen and oxygen atoms in total. The highest BCUT2D eigenvalue weighted by atomic mass is 127. The van der Waals surface area contributed by atoms with Crippen molar-refractivity contribution in [1.29, 1.82) is 0 Å². The fraction of sp³-hybridized carbons (Fsp3) is 0. The van der Waals surface area contributed by atoms with Crippen LogP contribution in [-0.4, -0.2) is 14.6 Å². The van der Waals surface area contributed by atoms with Gasteiger partial charge in [-0.25, -0.2) is 9.50 Å². The van der Waals surface area contributed by atoms with Crippen molar-refractivity contribution < 1.29 is 4.42 Å². The number of imidazole rings is 1. The van der Waals surface area contributed by atoms with Gasteiger partial charge >= 0.3 is 0 Å². The van der Waals surface area contributed by atoms with Crippen LogP contribution < -0.4 is 0 Å². The number of hydrogen-bond acceptors (Lipinski definition) is 3. The minimum Gasteiger partial charge on any atom is -0.463 e. The van der Waals surface area contributed by atoms with Gasteiger partial charge in [-0.05, 0) is 46.9 Å². The van der Waals surface area contributed by atoms with E-state index in [0.717, 1.165) is 20.8 Å². The van der Waals surface area contributed by atoms with E-state index in [0.29, 0.717) is 5.15 Å². The third kappa shape index (κ3) is 1.51. The van der Waals surface area contributed by atoms with Crippen molar-refractivity contribution in [3.8, 4) is 11.5 Å². The topological polar surface area (TPSA) is 43.3 Å². The van der Waals surface area contributed by atoms with Crippen molar-refractivity contribution in [2.24, 2.45) is 0 Å². The van der Waals surface area contributed by atoms with Crippen LogP contribution in [0.5, 0.6) is 0 Å². The second-order valence-corrected chi connectivity index (χ2v) is 4.56. The molecule has 0 aliphatic heterocycles. The van der Waals surface area contributed by atoms with Crippen molar-refractivity contribution >= 4 is 39.8 Å². The van der Waals surface area contributed by atoms with E-state index in [9.17, 15) is 0 Å². The molecule has 3 aromatic heterocycles. The predicted octanol–water partition coefficient (Wildman–Crippen LogP) is 3.25. The van der Waals surface area contributed by atoms with Crippen molar-refractivity contribution in [3.63, 3.8) is 0 Å². The lowest BCUT2D eigenvalue weighted by Crippen LogP contribution is -1.93. The molecule has 0 aliphatic carbocycles. The van der Waals surface area contributed by atoms with Gasteiger partial charge in [0.2, 0.25) is 0 Å². The standard InChI is InChI=1S/C10H5ClIN3O/c11-7-3-4-8-13-9(6-2-1-5-16-6)10(12)15(8)14-7/h1-5H. The van der Waals surface area contributed by atoms with E-state index >= 15 is 0 Å². The van der Waals surface area contributed by atoms with Crippen LogP contribution >= 0.6 is 34.2 Å². The van der Waals surface area contributed by atoms with E-state index in [1.165, 1.54) is 0 Å². The maximum absolute atomic E-state index is 5.84. The maximum Gasteiger partial charge on any atom is 0.155 e. The van der Waals surface area contributed by atoms with Crippen molar-refractivity contribution in [1.82, 2.24) is 14.6 Å². The van der Waals surface area contributed by atoms with Crippen LogP contribution in [0.3, 0.4) is 0 Å². The summed E-state index contributed by atoms with van der Waals surface area (Å²) in [6, 6.07) is 7.23. The summed E-state index contributed by atoms with van der Waals surface area (Å²) in [5.41, 5.74) is 1.53. The summed E-state index contributed by atoms with van der Waals surface area (Å²) >= 11 is 8.01. The molecule has 3 aromatic rings. The van der Waals surface area contributed by atoms with Gasteiger partial charge in [0.25, 0.3) is 0 Å². The Kier molecular flexibility index (Phi) is 2.36. The number of rotatable bonds is 1. The first kappa shape index (κ1) is 10.1. The number of hydrogen-bond donors (Lipinski definition) is 0. The number of nitrogens with zero attached hydrogens (tertiary/aromatic N) is 3. The molecule has 0 amide bonds. The lowest BCUT2D eigenvalue weighted by atomic mass is 10.4. The Hall–Kier alpha value is -1.08. The first-order valence-electron chi connectivity index (χ1n) is 4.50. The quantitative estimate of drug-likeness (QED) is 0.636. The molecule has 0 bridgehead atoms. The lowest BCUT2D eigenvalue weighted by molar-refractivity contribution is 0.580. The first-order valence-corrected chi connectivity index (χ1v) is 5.96. The number of fused-ring (bicyclic) bond motifs is 1. The van der Waals surface area contributed by atoms with E-state index in [1.54, 1.807) is 16.8 Å². The molecular formula is C10H5ClIN3O. The zero-order valence-electron chi connectivity index (χ0n) is 7.89. The molecule has 0 N–H and O–H groups in total. The Labute approximate surface area is 109 Å². The minimum atomic E-state index is 0.439. The van der Waals surface area contributed by atoms with Gasteiger partial charge in [0.15, 0.2) is 11.4 Å². The smallest absolute Gasteiger partial charge is 0.155 e. The second kappa shape index (κ2) is 3.74. The Morgan fingerprint density at radius 2 is 2.19 bits per heavy atom. The molecule has 3 rings (SSSR count). The average molecular weight is 346 g/mol. The molecule has 0 unspecified atom stereocenters. The molecule has 16 heavy (non-hydrogen) atoms. The summed E-state index contributed by atoms with van der Waals surface area (Å²) in [6.45, 7) is 0. The van der Waals surface area contributed by atoms with Gasteiger partial charge in [-0.15, -0.1) is 0 Å². The fourth-order valence-corrected chi connectivity index (χ4v) is 2.33. The molecule has 0 saturated carbocycles. The van der Waals surface area contributed by atoms with Gasteiger partial charge in [-0.1, -0.05) is 11.6 Å². The van der Waals surface area contributed by atoms with E-state index < -0.39 is 0 Å². The monoisotopic (exact) mass is 345 g/mol. The Morgan fingerprint density at radius 1 is 1.31 bits per heavy atom. The predicted molar refractivity (Wildman–Crippen MR) is 68.4 cm³/mol. The average Bonchev–Trinajstić information content (AvgIpc) is 2.87. The van der Waals surface area contributed by atoms with E-state index in [1.807, 2.05) is 18.2 Å². The van der Waals surface area contributed by atoms with Crippen LogP contribution in [0.1, 0.15) is 0 Å². The van der Waals surface area contributed by atoms with Gasteiger partial charge < -0.3 is 4.42 Å². The van der Waals surface area contributed by atoms with Crippen LogP contribution in [0.2, 0.25) is 5.15 Å². The minimum absolute atomic E-state index is 0.439. The maximum atomic E-state index is 5.84. The van der Waals surface area contributed by atoms with E-state index in [4.69, 9.17) is 16.0 Å². The lowest BCUT2D eigenvalue weighted by Gasteiger charge is -1.94. The summed E-state index contributed by atoms with van der Waals surface area (Å²) in [6.07, 6.45) is 1.62. The molecule has 3 heterocycles. The summed E-state index contributed by atoms with van der Waals surface area (Å²) in [7, 11) is 0. The third-order valence-corrected chi connectivity index (χ3v) is 3.31. The first-order chi connectivity index (χ1) is 7.75.